The molecule has 1 aliphatic rings. The van der Waals surface area contributed by atoms with Gasteiger partial charge in [-0.05, 0) is 38.1 Å². The van der Waals surface area contributed by atoms with Gasteiger partial charge in [0, 0.05) is 12.6 Å². The smallest absolute Gasteiger partial charge is 0.238 e. The number of nitrogens with zero attached hydrogens (tertiary/aromatic N) is 3. The van der Waals surface area contributed by atoms with E-state index in [-0.39, 0.29) is 22.4 Å². The molecule has 1 aromatic heterocycles. The van der Waals surface area contributed by atoms with E-state index in [2.05, 4.69) is 16.5 Å². The number of primary sulfonamides is 1. The number of aryl methyl sites for hydroxylation is 1. The first-order chi connectivity index (χ1) is 12.6. The van der Waals surface area contributed by atoms with E-state index in [9.17, 15) is 16.8 Å². The highest BCUT2D eigenvalue weighted by Gasteiger charge is 2.31. The van der Waals surface area contributed by atoms with Crippen molar-refractivity contribution >= 4 is 30.9 Å². The SMILES string of the molecule is CCCCn1c(CN(C)[C@H]2CCS(=O)(=O)C2)nc2cc(S(N)(=O)=O)ccc21. The van der Waals surface area contributed by atoms with Crippen molar-refractivity contribution in [3.05, 3.63) is 24.0 Å². The first-order valence-corrected chi connectivity index (χ1v) is 12.4. The third kappa shape index (κ3) is 4.50. The van der Waals surface area contributed by atoms with Gasteiger partial charge in [-0.2, -0.15) is 0 Å². The molecule has 0 saturated carbocycles. The lowest BCUT2D eigenvalue weighted by Crippen LogP contribution is -2.33. The second-order valence-electron chi connectivity index (χ2n) is 7.20. The fourth-order valence-corrected chi connectivity index (χ4v) is 5.84. The number of imidazole rings is 1. The molecule has 1 atom stereocenters. The van der Waals surface area contributed by atoms with Crippen LogP contribution in [0.15, 0.2) is 23.1 Å². The lowest BCUT2D eigenvalue weighted by molar-refractivity contribution is 0.244. The number of benzene rings is 1. The largest absolute Gasteiger partial charge is 0.327 e. The fraction of sp³-hybridized carbons (Fsp3) is 0.588. The van der Waals surface area contributed by atoms with E-state index in [0.717, 1.165) is 30.7 Å². The summed E-state index contributed by atoms with van der Waals surface area (Å²) in [5.74, 6) is 1.21. The van der Waals surface area contributed by atoms with Gasteiger partial charge in [0.05, 0.1) is 34.0 Å². The molecule has 2 N–H and O–H groups in total. The molecular formula is C17H26N4O4S2. The Morgan fingerprint density at radius 1 is 1.37 bits per heavy atom. The van der Waals surface area contributed by atoms with E-state index in [0.29, 0.717) is 18.5 Å². The first kappa shape index (κ1) is 20.2. The lowest BCUT2D eigenvalue weighted by Gasteiger charge is -2.23. The third-order valence-electron chi connectivity index (χ3n) is 5.09. The summed E-state index contributed by atoms with van der Waals surface area (Å²) in [6, 6.07) is 4.71. The second kappa shape index (κ2) is 7.50. The molecule has 150 valence electrons. The summed E-state index contributed by atoms with van der Waals surface area (Å²) in [5, 5.41) is 5.23. The zero-order valence-electron chi connectivity index (χ0n) is 15.6. The van der Waals surface area contributed by atoms with Gasteiger partial charge in [-0.1, -0.05) is 13.3 Å². The summed E-state index contributed by atoms with van der Waals surface area (Å²) >= 11 is 0. The minimum Gasteiger partial charge on any atom is -0.327 e. The molecule has 0 bridgehead atoms. The third-order valence-corrected chi connectivity index (χ3v) is 7.75. The summed E-state index contributed by atoms with van der Waals surface area (Å²) in [4.78, 5) is 6.70. The Balaban J connectivity index is 1.95. The molecule has 0 spiro atoms. The predicted molar refractivity (Wildman–Crippen MR) is 105 cm³/mol. The van der Waals surface area contributed by atoms with Gasteiger partial charge < -0.3 is 4.57 Å². The standard InChI is InChI=1S/C17H26N4O4S2/c1-3-4-8-21-16-6-5-14(27(18,24)25)10-15(16)19-17(21)11-20(2)13-7-9-26(22,23)12-13/h5-6,10,13H,3-4,7-9,11-12H2,1-2H3,(H2,18,24,25)/t13-/m0/s1. The maximum absolute atomic E-state index is 11.8. The van der Waals surface area contributed by atoms with E-state index in [1.54, 1.807) is 6.07 Å². The summed E-state index contributed by atoms with van der Waals surface area (Å²) < 4.78 is 48.9. The number of sulfone groups is 1. The Morgan fingerprint density at radius 3 is 2.70 bits per heavy atom. The van der Waals surface area contributed by atoms with Crippen LogP contribution in [0.2, 0.25) is 0 Å². The molecule has 1 saturated heterocycles. The quantitative estimate of drug-likeness (QED) is 0.725. The zero-order chi connectivity index (χ0) is 19.8. The zero-order valence-corrected chi connectivity index (χ0v) is 17.3. The van der Waals surface area contributed by atoms with Crippen molar-refractivity contribution < 1.29 is 16.8 Å². The first-order valence-electron chi connectivity index (χ1n) is 9.03. The van der Waals surface area contributed by atoms with Crippen LogP contribution in [0.25, 0.3) is 11.0 Å². The average molecular weight is 415 g/mol. The molecule has 27 heavy (non-hydrogen) atoms. The Bertz CT molecular complexity index is 1040. The minimum atomic E-state index is -3.79. The van der Waals surface area contributed by atoms with Crippen molar-refractivity contribution in [1.29, 1.82) is 0 Å². The molecule has 0 aliphatic carbocycles. The van der Waals surface area contributed by atoms with Gasteiger partial charge in [0.15, 0.2) is 9.84 Å². The number of hydrogen-bond acceptors (Lipinski definition) is 6. The van der Waals surface area contributed by atoms with Gasteiger partial charge in [0.1, 0.15) is 5.82 Å². The van der Waals surface area contributed by atoms with Gasteiger partial charge >= 0.3 is 0 Å². The van der Waals surface area contributed by atoms with E-state index >= 15 is 0 Å². The van der Waals surface area contributed by atoms with Crippen molar-refractivity contribution in [2.75, 3.05) is 18.6 Å². The monoisotopic (exact) mass is 414 g/mol. The number of fused-ring (bicyclic) bond motifs is 1. The molecule has 0 radical (unpaired) electrons. The molecule has 1 aliphatic heterocycles. The van der Waals surface area contributed by atoms with Crippen LogP contribution >= 0.6 is 0 Å². The molecule has 10 heteroatoms. The van der Waals surface area contributed by atoms with Crippen LogP contribution in [-0.2, 0) is 33.0 Å². The molecule has 0 unspecified atom stereocenters. The van der Waals surface area contributed by atoms with Crippen molar-refractivity contribution in [3.63, 3.8) is 0 Å². The van der Waals surface area contributed by atoms with Crippen LogP contribution in [0.1, 0.15) is 32.0 Å². The maximum Gasteiger partial charge on any atom is 0.238 e. The van der Waals surface area contributed by atoms with Crippen LogP contribution in [0.5, 0.6) is 0 Å². The highest BCUT2D eigenvalue weighted by molar-refractivity contribution is 7.91. The fourth-order valence-electron chi connectivity index (χ4n) is 3.50. The Kier molecular flexibility index (Phi) is 5.62. The number of nitrogens with two attached hydrogens (primary N) is 1. The van der Waals surface area contributed by atoms with Crippen LogP contribution in [0.3, 0.4) is 0 Å². The summed E-state index contributed by atoms with van der Waals surface area (Å²) in [7, 11) is -4.84. The Morgan fingerprint density at radius 2 is 2.11 bits per heavy atom. The van der Waals surface area contributed by atoms with Crippen molar-refractivity contribution in [2.24, 2.45) is 5.14 Å². The van der Waals surface area contributed by atoms with Gasteiger partial charge in [-0.15, -0.1) is 0 Å². The molecule has 3 rings (SSSR count). The summed E-state index contributed by atoms with van der Waals surface area (Å²) in [6.07, 6.45) is 2.62. The van der Waals surface area contributed by atoms with Crippen LogP contribution in [0, 0.1) is 0 Å². The lowest BCUT2D eigenvalue weighted by atomic mass is 10.2. The van der Waals surface area contributed by atoms with Gasteiger partial charge in [-0.3, -0.25) is 4.90 Å². The number of rotatable bonds is 7. The van der Waals surface area contributed by atoms with E-state index in [1.165, 1.54) is 12.1 Å². The Labute approximate surface area is 160 Å². The van der Waals surface area contributed by atoms with Crippen LogP contribution in [0.4, 0.5) is 0 Å². The van der Waals surface area contributed by atoms with Crippen molar-refractivity contribution in [1.82, 2.24) is 14.5 Å². The Hall–Kier alpha value is -1.49. The maximum atomic E-state index is 11.8. The molecule has 2 heterocycles. The second-order valence-corrected chi connectivity index (χ2v) is 11.0. The summed E-state index contributed by atoms with van der Waals surface area (Å²) in [5.41, 5.74) is 1.44. The summed E-state index contributed by atoms with van der Waals surface area (Å²) in [6.45, 7) is 3.38. The van der Waals surface area contributed by atoms with Crippen LogP contribution < -0.4 is 5.14 Å². The number of sulfonamides is 1. The van der Waals surface area contributed by atoms with Crippen LogP contribution in [-0.4, -0.2) is 55.9 Å². The molecule has 0 amide bonds. The number of unbranched alkanes of at least 4 members (excludes halogenated alkanes) is 1. The highest BCUT2D eigenvalue weighted by atomic mass is 32.2. The molecule has 1 fully saturated rings. The van der Waals surface area contributed by atoms with Crippen molar-refractivity contribution in [3.8, 4) is 0 Å². The molecule has 8 nitrogen and oxygen atoms in total. The highest BCUT2D eigenvalue weighted by Crippen LogP contribution is 2.23. The van der Waals surface area contributed by atoms with E-state index in [1.807, 2.05) is 11.9 Å². The topological polar surface area (TPSA) is 115 Å². The predicted octanol–water partition coefficient (Wildman–Crippen LogP) is 1.10. The van der Waals surface area contributed by atoms with Gasteiger partial charge in [0.2, 0.25) is 10.0 Å². The van der Waals surface area contributed by atoms with E-state index < -0.39 is 19.9 Å². The normalized spacial score (nSPS) is 19.9. The molecular weight excluding hydrogens is 388 g/mol. The minimum absolute atomic E-state index is 0.0191. The van der Waals surface area contributed by atoms with Gasteiger partial charge in [-0.25, -0.2) is 27.0 Å². The van der Waals surface area contributed by atoms with E-state index in [4.69, 9.17) is 5.14 Å². The number of hydrogen-bond donors (Lipinski definition) is 1. The van der Waals surface area contributed by atoms with Crippen molar-refractivity contribution in [2.45, 2.75) is 50.2 Å². The number of aromatic nitrogens is 2. The molecule has 1 aromatic carbocycles. The van der Waals surface area contributed by atoms with Gasteiger partial charge in [0.25, 0.3) is 0 Å². The molecule has 2 aromatic rings. The average Bonchev–Trinajstić information content (AvgIpc) is 3.11.